The summed E-state index contributed by atoms with van der Waals surface area (Å²) in [7, 11) is 0. The van der Waals surface area contributed by atoms with Crippen LogP contribution in [0.15, 0.2) is 70.5 Å². The van der Waals surface area contributed by atoms with Crippen LogP contribution in [0.3, 0.4) is 0 Å². The zero-order chi connectivity index (χ0) is 16.9. The van der Waals surface area contributed by atoms with E-state index < -0.39 is 21.9 Å². The minimum Gasteiger partial charge on any atom is -0.481 e. The number of rotatable bonds is 7. The van der Waals surface area contributed by atoms with Gasteiger partial charge >= 0.3 is 11.9 Å². The first-order valence-electron chi connectivity index (χ1n) is 6.86. The molecule has 0 spiro atoms. The van der Waals surface area contributed by atoms with E-state index in [-0.39, 0.29) is 0 Å². The van der Waals surface area contributed by atoms with Gasteiger partial charge in [0, 0.05) is 9.79 Å². The zero-order valence-corrected chi connectivity index (χ0v) is 14.0. The van der Waals surface area contributed by atoms with E-state index in [2.05, 4.69) is 0 Å². The lowest BCUT2D eigenvalue weighted by atomic mass is 10.1. The second-order valence-corrected chi connectivity index (χ2v) is 8.26. The third-order valence-corrected chi connectivity index (χ3v) is 5.94. The van der Waals surface area contributed by atoms with E-state index in [1.165, 1.54) is 23.5 Å². The van der Waals surface area contributed by atoms with E-state index in [1.54, 1.807) is 6.92 Å². The second-order valence-electron chi connectivity index (χ2n) is 4.96. The van der Waals surface area contributed by atoms with Crippen LogP contribution >= 0.6 is 23.5 Å². The Morgan fingerprint density at radius 3 is 1.48 bits per heavy atom. The summed E-state index contributed by atoms with van der Waals surface area (Å²) in [6.45, 7) is 1.66. The van der Waals surface area contributed by atoms with Gasteiger partial charge in [-0.3, -0.25) is 9.59 Å². The predicted octanol–water partition coefficient (Wildman–Crippen LogP) is 4.07. The van der Waals surface area contributed by atoms with E-state index in [4.69, 9.17) is 0 Å². The Labute approximate surface area is 142 Å². The van der Waals surface area contributed by atoms with Crippen molar-refractivity contribution in [2.45, 2.75) is 20.8 Å². The van der Waals surface area contributed by atoms with Crippen LogP contribution in [0.25, 0.3) is 0 Å². The molecule has 0 saturated carbocycles. The van der Waals surface area contributed by atoms with Crippen LogP contribution in [0.1, 0.15) is 6.92 Å². The van der Waals surface area contributed by atoms with Crippen molar-refractivity contribution < 1.29 is 19.8 Å². The van der Waals surface area contributed by atoms with Gasteiger partial charge in [-0.2, -0.15) is 0 Å². The Hall–Kier alpha value is -1.92. The molecular formula is C17H16O4S2. The summed E-state index contributed by atoms with van der Waals surface area (Å²) in [5.41, 5.74) is 0. The Kier molecular flexibility index (Phi) is 5.74. The van der Waals surface area contributed by atoms with Gasteiger partial charge in [-0.25, -0.2) is 0 Å². The van der Waals surface area contributed by atoms with E-state index in [9.17, 15) is 19.8 Å². The van der Waals surface area contributed by atoms with Crippen LogP contribution in [0.4, 0.5) is 0 Å². The van der Waals surface area contributed by atoms with Crippen LogP contribution < -0.4 is 0 Å². The molecular weight excluding hydrogens is 332 g/mol. The monoisotopic (exact) mass is 348 g/mol. The molecule has 2 N–H and O–H groups in total. The number of carboxylic acids is 2. The Morgan fingerprint density at radius 1 is 0.826 bits per heavy atom. The average Bonchev–Trinajstić information content (AvgIpc) is 2.47. The van der Waals surface area contributed by atoms with Crippen molar-refractivity contribution in [2.24, 2.45) is 5.92 Å². The van der Waals surface area contributed by atoms with Gasteiger partial charge in [0.2, 0.25) is 0 Å². The third-order valence-electron chi connectivity index (χ3n) is 3.15. The highest BCUT2D eigenvalue weighted by molar-refractivity contribution is 8.18. The first kappa shape index (κ1) is 17.4. The average molecular weight is 348 g/mol. The highest BCUT2D eigenvalue weighted by Crippen LogP contribution is 2.50. The molecule has 0 fully saturated rings. The standard InChI is InChI=1S/C17H16O4S2/c1-17(14(15(18)19)16(20)21,22-12-8-4-2-5-9-12)23-13-10-6-3-7-11-13/h2-11,14H,1H3,(H,18,19)(H,20,21). The maximum Gasteiger partial charge on any atom is 0.320 e. The topological polar surface area (TPSA) is 74.6 Å². The van der Waals surface area contributed by atoms with Gasteiger partial charge in [0.15, 0.2) is 5.92 Å². The number of hydrogen-bond donors (Lipinski definition) is 2. The summed E-state index contributed by atoms with van der Waals surface area (Å²) in [6, 6.07) is 18.4. The maximum atomic E-state index is 11.6. The van der Waals surface area contributed by atoms with Crippen molar-refractivity contribution in [1.82, 2.24) is 0 Å². The SMILES string of the molecule is CC(Sc1ccccc1)(Sc1ccccc1)C(C(=O)O)C(=O)O. The number of aliphatic carboxylic acids is 2. The van der Waals surface area contributed by atoms with Gasteiger partial charge in [0.05, 0.1) is 4.08 Å². The minimum atomic E-state index is -1.54. The number of benzene rings is 2. The zero-order valence-electron chi connectivity index (χ0n) is 12.4. The van der Waals surface area contributed by atoms with Crippen molar-refractivity contribution in [3.8, 4) is 0 Å². The minimum absolute atomic E-state index is 0.825. The molecule has 0 saturated heterocycles. The lowest BCUT2D eigenvalue weighted by molar-refractivity contribution is -0.154. The predicted molar refractivity (Wildman–Crippen MR) is 91.8 cm³/mol. The maximum absolute atomic E-state index is 11.6. The number of hydrogen-bond acceptors (Lipinski definition) is 4. The molecule has 0 bridgehead atoms. The molecule has 2 aromatic carbocycles. The van der Waals surface area contributed by atoms with E-state index >= 15 is 0 Å². The van der Waals surface area contributed by atoms with Gasteiger partial charge < -0.3 is 10.2 Å². The van der Waals surface area contributed by atoms with Crippen molar-refractivity contribution in [2.75, 3.05) is 0 Å². The fourth-order valence-electron chi connectivity index (χ4n) is 2.14. The van der Waals surface area contributed by atoms with Crippen LogP contribution in [0, 0.1) is 5.92 Å². The molecule has 6 heteroatoms. The molecule has 0 atom stereocenters. The quantitative estimate of drug-likeness (QED) is 0.446. The molecule has 0 aliphatic rings. The summed E-state index contributed by atoms with van der Waals surface area (Å²) >= 11 is 2.50. The largest absolute Gasteiger partial charge is 0.481 e. The molecule has 0 heterocycles. The molecule has 0 unspecified atom stereocenters. The summed E-state index contributed by atoms with van der Waals surface area (Å²) in [5.74, 6) is -4.23. The Balaban J connectivity index is 2.40. The van der Waals surface area contributed by atoms with Crippen LogP contribution in [0.2, 0.25) is 0 Å². The molecule has 0 aliphatic heterocycles. The lowest BCUT2D eigenvalue weighted by Crippen LogP contribution is -2.40. The number of thioether (sulfide) groups is 2. The summed E-state index contributed by atoms with van der Waals surface area (Å²) in [4.78, 5) is 24.8. The normalized spacial score (nSPS) is 11.4. The number of carboxylic acid groups (broad SMARTS) is 2. The van der Waals surface area contributed by atoms with Crippen LogP contribution in [-0.4, -0.2) is 26.2 Å². The summed E-state index contributed by atoms with van der Waals surface area (Å²) in [5, 5.41) is 18.9. The van der Waals surface area contributed by atoms with E-state index in [0.717, 1.165) is 9.79 Å². The van der Waals surface area contributed by atoms with Crippen molar-refractivity contribution in [3.63, 3.8) is 0 Å². The first-order valence-corrected chi connectivity index (χ1v) is 8.49. The molecule has 23 heavy (non-hydrogen) atoms. The molecule has 0 aromatic heterocycles. The molecule has 4 nitrogen and oxygen atoms in total. The summed E-state index contributed by atoms with van der Waals surface area (Å²) in [6.07, 6.45) is 0. The first-order chi connectivity index (χ1) is 10.9. The summed E-state index contributed by atoms with van der Waals surface area (Å²) < 4.78 is -1.10. The highest BCUT2D eigenvalue weighted by Gasteiger charge is 2.46. The fraction of sp³-hybridized carbons (Fsp3) is 0.176. The molecule has 0 aliphatic carbocycles. The van der Waals surface area contributed by atoms with Gasteiger partial charge in [0.25, 0.3) is 0 Å². The van der Waals surface area contributed by atoms with Crippen LogP contribution in [0.5, 0.6) is 0 Å². The van der Waals surface area contributed by atoms with Gasteiger partial charge in [0.1, 0.15) is 0 Å². The molecule has 0 amide bonds. The lowest BCUT2D eigenvalue weighted by Gasteiger charge is -2.31. The third kappa shape index (κ3) is 4.53. The molecule has 2 aromatic rings. The number of carbonyl (C=O) groups is 2. The smallest absolute Gasteiger partial charge is 0.320 e. The van der Waals surface area contributed by atoms with E-state index in [0.29, 0.717) is 0 Å². The van der Waals surface area contributed by atoms with Crippen LogP contribution in [-0.2, 0) is 9.59 Å². The van der Waals surface area contributed by atoms with Gasteiger partial charge in [-0.15, -0.1) is 23.5 Å². The van der Waals surface area contributed by atoms with Crippen molar-refractivity contribution in [3.05, 3.63) is 60.7 Å². The van der Waals surface area contributed by atoms with Gasteiger partial charge in [-0.1, -0.05) is 36.4 Å². The molecule has 120 valence electrons. The second kappa shape index (κ2) is 7.57. The Bertz CT molecular complexity index is 618. The van der Waals surface area contributed by atoms with E-state index in [1.807, 2.05) is 60.7 Å². The van der Waals surface area contributed by atoms with Gasteiger partial charge in [-0.05, 0) is 31.2 Å². The Morgan fingerprint density at radius 2 is 1.17 bits per heavy atom. The fourth-order valence-corrected chi connectivity index (χ4v) is 5.04. The van der Waals surface area contributed by atoms with Crippen molar-refractivity contribution >= 4 is 35.5 Å². The van der Waals surface area contributed by atoms with Crippen molar-refractivity contribution in [1.29, 1.82) is 0 Å². The molecule has 2 rings (SSSR count). The highest BCUT2D eigenvalue weighted by atomic mass is 32.2. The molecule has 0 radical (unpaired) electrons.